The highest BCUT2D eigenvalue weighted by Gasteiger charge is 2.36. The molecular formula is C12H16ClF3N2O2S. The zero-order valence-corrected chi connectivity index (χ0v) is 12.9. The summed E-state index contributed by atoms with van der Waals surface area (Å²) in [5.74, 6) is 0. The minimum atomic E-state index is -4.57. The van der Waals surface area contributed by atoms with Crippen molar-refractivity contribution >= 4 is 22.4 Å². The number of hydrogen-bond donors (Lipinski definition) is 1. The Morgan fingerprint density at radius 2 is 1.95 bits per heavy atom. The Morgan fingerprint density at radius 1 is 1.33 bits per heavy atom. The van der Waals surface area contributed by atoms with Crippen molar-refractivity contribution in [2.45, 2.75) is 30.5 Å². The van der Waals surface area contributed by atoms with E-state index < -0.39 is 21.8 Å². The van der Waals surface area contributed by atoms with E-state index in [1.807, 2.05) is 0 Å². The number of benzene rings is 1. The van der Waals surface area contributed by atoms with Gasteiger partial charge < -0.3 is 5.73 Å². The summed E-state index contributed by atoms with van der Waals surface area (Å²) < 4.78 is 64.2. The van der Waals surface area contributed by atoms with Crippen LogP contribution in [0, 0.1) is 6.92 Å². The van der Waals surface area contributed by atoms with Crippen LogP contribution in [0.5, 0.6) is 0 Å². The maximum absolute atomic E-state index is 12.8. The quantitative estimate of drug-likeness (QED) is 0.894. The van der Waals surface area contributed by atoms with Gasteiger partial charge in [-0.3, -0.25) is 0 Å². The molecule has 1 fully saturated rings. The fraction of sp³-hybridized carbons (Fsp3) is 0.500. The number of nitrogens with zero attached hydrogens (tertiary/aromatic N) is 1. The molecule has 0 aliphatic carbocycles. The molecule has 0 aromatic heterocycles. The molecule has 2 N–H and O–H groups in total. The van der Waals surface area contributed by atoms with Crippen LogP contribution in [0.3, 0.4) is 0 Å². The number of nitrogens with two attached hydrogens (primary N) is 1. The molecule has 21 heavy (non-hydrogen) atoms. The summed E-state index contributed by atoms with van der Waals surface area (Å²) >= 11 is 0. The molecule has 1 aliphatic heterocycles. The molecule has 0 spiro atoms. The lowest BCUT2D eigenvalue weighted by atomic mass is 10.1. The number of aryl methyl sites for hydroxylation is 1. The van der Waals surface area contributed by atoms with Gasteiger partial charge in [-0.2, -0.15) is 17.5 Å². The van der Waals surface area contributed by atoms with E-state index in [1.165, 1.54) is 19.1 Å². The van der Waals surface area contributed by atoms with Crippen molar-refractivity contribution in [1.82, 2.24) is 4.31 Å². The van der Waals surface area contributed by atoms with Gasteiger partial charge in [-0.05, 0) is 31.0 Å². The molecule has 0 saturated carbocycles. The van der Waals surface area contributed by atoms with Gasteiger partial charge in [0.2, 0.25) is 10.0 Å². The molecule has 0 bridgehead atoms. The van der Waals surface area contributed by atoms with Gasteiger partial charge in [0.1, 0.15) is 0 Å². The van der Waals surface area contributed by atoms with E-state index in [-0.39, 0.29) is 42.0 Å². The Morgan fingerprint density at radius 3 is 2.43 bits per heavy atom. The van der Waals surface area contributed by atoms with Crippen LogP contribution in [-0.2, 0) is 16.2 Å². The van der Waals surface area contributed by atoms with Gasteiger partial charge in [0, 0.05) is 19.1 Å². The lowest BCUT2D eigenvalue weighted by Gasteiger charge is -2.18. The van der Waals surface area contributed by atoms with Crippen LogP contribution in [-0.4, -0.2) is 31.9 Å². The molecule has 1 heterocycles. The van der Waals surface area contributed by atoms with Gasteiger partial charge in [-0.15, -0.1) is 12.4 Å². The van der Waals surface area contributed by atoms with Crippen molar-refractivity contribution in [3.05, 3.63) is 29.3 Å². The normalized spacial score (nSPS) is 20.3. The van der Waals surface area contributed by atoms with Crippen molar-refractivity contribution < 1.29 is 21.6 Å². The molecular weight excluding hydrogens is 329 g/mol. The third kappa shape index (κ3) is 3.68. The van der Waals surface area contributed by atoms with Crippen molar-refractivity contribution in [3.8, 4) is 0 Å². The first-order chi connectivity index (χ1) is 9.12. The Labute approximate surface area is 127 Å². The van der Waals surface area contributed by atoms with Crippen LogP contribution < -0.4 is 5.73 Å². The Kier molecular flexibility index (Phi) is 5.31. The largest absolute Gasteiger partial charge is 0.416 e. The molecule has 4 nitrogen and oxygen atoms in total. The predicted molar refractivity (Wildman–Crippen MR) is 74.8 cm³/mol. The number of alkyl halides is 3. The number of hydrogen-bond acceptors (Lipinski definition) is 3. The predicted octanol–water partition coefficient (Wildman–Crippen LogP) is 2.16. The van der Waals surface area contributed by atoms with E-state index in [9.17, 15) is 21.6 Å². The first-order valence-electron chi connectivity index (χ1n) is 6.06. The zero-order valence-electron chi connectivity index (χ0n) is 11.2. The van der Waals surface area contributed by atoms with Crippen molar-refractivity contribution in [2.75, 3.05) is 13.1 Å². The summed E-state index contributed by atoms with van der Waals surface area (Å²) in [5.41, 5.74) is 4.70. The van der Waals surface area contributed by atoms with Gasteiger partial charge in [0.15, 0.2) is 0 Å². The highest BCUT2D eigenvalue weighted by atomic mass is 35.5. The number of sulfonamides is 1. The standard InChI is InChI=1S/C12H15F3N2O2S.ClH/c1-8-2-3-10(6-11(8)12(13,14)15)20(18,19)17-5-4-9(16)7-17;/h2-3,6,9H,4-5,7,16H2,1H3;1H/t9-;/m1./s1. The van der Waals surface area contributed by atoms with Crippen molar-refractivity contribution in [1.29, 1.82) is 0 Å². The molecule has 0 amide bonds. The average Bonchev–Trinajstić information content (AvgIpc) is 2.75. The Bertz CT molecular complexity index is 619. The van der Waals surface area contributed by atoms with E-state index in [4.69, 9.17) is 5.73 Å². The average molecular weight is 345 g/mol. The van der Waals surface area contributed by atoms with Gasteiger partial charge in [-0.25, -0.2) is 8.42 Å². The molecule has 1 aromatic rings. The summed E-state index contributed by atoms with van der Waals surface area (Å²) in [6.45, 7) is 1.67. The highest BCUT2D eigenvalue weighted by molar-refractivity contribution is 7.89. The molecule has 2 rings (SSSR count). The SMILES string of the molecule is Cc1ccc(S(=O)(=O)N2CC[C@@H](N)C2)cc1C(F)(F)F.Cl. The van der Waals surface area contributed by atoms with Gasteiger partial charge in [-0.1, -0.05) is 6.07 Å². The van der Waals surface area contributed by atoms with Crippen LogP contribution in [0.4, 0.5) is 13.2 Å². The summed E-state index contributed by atoms with van der Waals surface area (Å²) in [6, 6.07) is 2.79. The van der Waals surface area contributed by atoms with Crippen LogP contribution in [0.1, 0.15) is 17.5 Å². The summed E-state index contributed by atoms with van der Waals surface area (Å²) in [7, 11) is -3.92. The van der Waals surface area contributed by atoms with E-state index in [0.717, 1.165) is 4.31 Å². The highest BCUT2D eigenvalue weighted by Crippen LogP contribution is 2.34. The van der Waals surface area contributed by atoms with E-state index in [0.29, 0.717) is 12.5 Å². The van der Waals surface area contributed by atoms with E-state index in [2.05, 4.69) is 0 Å². The number of halogens is 4. The second kappa shape index (κ2) is 6.12. The molecule has 9 heteroatoms. The number of rotatable bonds is 2. The minimum absolute atomic E-state index is 0. The maximum atomic E-state index is 12.8. The van der Waals surface area contributed by atoms with Crippen molar-refractivity contribution in [2.24, 2.45) is 5.73 Å². The lowest BCUT2D eigenvalue weighted by molar-refractivity contribution is -0.138. The van der Waals surface area contributed by atoms with E-state index in [1.54, 1.807) is 0 Å². The minimum Gasteiger partial charge on any atom is -0.326 e. The monoisotopic (exact) mass is 344 g/mol. The third-order valence-corrected chi connectivity index (χ3v) is 5.20. The first-order valence-corrected chi connectivity index (χ1v) is 7.50. The first kappa shape index (κ1) is 18.2. The molecule has 1 aromatic carbocycles. The second-order valence-electron chi connectivity index (χ2n) is 4.89. The van der Waals surface area contributed by atoms with Crippen LogP contribution in [0.25, 0.3) is 0 Å². The Balaban J connectivity index is 0.00000220. The summed E-state index contributed by atoms with van der Waals surface area (Å²) in [5, 5.41) is 0. The smallest absolute Gasteiger partial charge is 0.326 e. The topological polar surface area (TPSA) is 63.4 Å². The summed E-state index contributed by atoms with van der Waals surface area (Å²) in [6.07, 6.45) is -4.06. The molecule has 120 valence electrons. The lowest BCUT2D eigenvalue weighted by Crippen LogP contribution is -2.32. The third-order valence-electron chi connectivity index (χ3n) is 3.34. The molecule has 1 atom stereocenters. The van der Waals surface area contributed by atoms with Crippen molar-refractivity contribution in [3.63, 3.8) is 0 Å². The van der Waals surface area contributed by atoms with Crippen LogP contribution in [0.15, 0.2) is 23.1 Å². The fourth-order valence-electron chi connectivity index (χ4n) is 2.19. The Hall–Kier alpha value is -0.830. The fourth-order valence-corrected chi connectivity index (χ4v) is 3.73. The van der Waals surface area contributed by atoms with Gasteiger partial charge in [0.05, 0.1) is 10.5 Å². The van der Waals surface area contributed by atoms with Gasteiger partial charge in [0.25, 0.3) is 0 Å². The van der Waals surface area contributed by atoms with Crippen LogP contribution >= 0.6 is 12.4 Å². The molecule has 0 radical (unpaired) electrons. The summed E-state index contributed by atoms with van der Waals surface area (Å²) in [4.78, 5) is -0.343. The molecule has 1 aliphatic rings. The zero-order chi connectivity index (χ0) is 15.1. The van der Waals surface area contributed by atoms with Gasteiger partial charge >= 0.3 is 6.18 Å². The van der Waals surface area contributed by atoms with Crippen LogP contribution in [0.2, 0.25) is 0 Å². The maximum Gasteiger partial charge on any atom is 0.416 e. The molecule has 1 saturated heterocycles. The van der Waals surface area contributed by atoms with E-state index >= 15 is 0 Å². The second-order valence-corrected chi connectivity index (χ2v) is 6.82. The molecule has 0 unspecified atom stereocenters.